The van der Waals surface area contributed by atoms with Crippen molar-refractivity contribution >= 4 is 5.91 Å². The fourth-order valence-corrected chi connectivity index (χ4v) is 3.62. The van der Waals surface area contributed by atoms with Gasteiger partial charge in [-0.1, -0.05) is 44.9 Å². The second-order valence-electron chi connectivity index (χ2n) is 6.13. The lowest BCUT2D eigenvalue weighted by Crippen LogP contribution is -2.50. The average molecular weight is 252 g/mol. The number of amides is 1. The van der Waals surface area contributed by atoms with Gasteiger partial charge in [0.05, 0.1) is 6.04 Å². The highest BCUT2D eigenvalue weighted by Crippen LogP contribution is 2.27. The molecular formula is C15H28N2O. The minimum absolute atomic E-state index is 0.0776. The third-order valence-corrected chi connectivity index (χ3v) is 4.70. The van der Waals surface area contributed by atoms with E-state index in [1.54, 1.807) is 0 Å². The molecule has 0 bridgehead atoms. The van der Waals surface area contributed by atoms with Gasteiger partial charge in [-0.15, -0.1) is 0 Å². The van der Waals surface area contributed by atoms with Crippen LogP contribution in [0.2, 0.25) is 0 Å². The smallest absolute Gasteiger partial charge is 0.234 e. The summed E-state index contributed by atoms with van der Waals surface area (Å²) in [6.07, 6.45) is 13.9. The van der Waals surface area contributed by atoms with Gasteiger partial charge in [0.15, 0.2) is 0 Å². The Bertz CT molecular complexity index is 253. The van der Waals surface area contributed by atoms with Gasteiger partial charge in [0.2, 0.25) is 5.91 Å². The summed E-state index contributed by atoms with van der Waals surface area (Å²) >= 11 is 0. The second kappa shape index (κ2) is 7.13. The summed E-state index contributed by atoms with van der Waals surface area (Å²) in [5.41, 5.74) is 5.63. The molecule has 1 unspecified atom stereocenters. The number of carbonyl (C=O) groups is 1. The first-order valence-electron chi connectivity index (χ1n) is 7.83. The van der Waals surface area contributed by atoms with Crippen LogP contribution in [0.4, 0.5) is 0 Å². The fourth-order valence-electron chi connectivity index (χ4n) is 3.62. The third kappa shape index (κ3) is 3.98. The summed E-state index contributed by atoms with van der Waals surface area (Å²) in [5, 5.41) is 3.56. The monoisotopic (exact) mass is 252 g/mol. The van der Waals surface area contributed by atoms with Crippen molar-refractivity contribution in [2.75, 3.05) is 0 Å². The van der Waals surface area contributed by atoms with Crippen molar-refractivity contribution < 1.29 is 4.79 Å². The molecule has 0 radical (unpaired) electrons. The molecule has 0 saturated heterocycles. The van der Waals surface area contributed by atoms with Gasteiger partial charge in [-0.3, -0.25) is 4.79 Å². The Morgan fingerprint density at radius 1 is 0.889 bits per heavy atom. The van der Waals surface area contributed by atoms with E-state index in [0.717, 1.165) is 0 Å². The van der Waals surface area contributed by atoms with Crippen LogP contribution < -0.4 is 11.1 Å². The summed E-state index contributed by atoms with van der Waals surface area (Å²) in [5.74, 6) is 0.343. The summed E-state index contributed by atoms with van der Waals surface area (Å²) < 4.78 is 0. The standard InChI is InChI=1S/C15H28N2O/c16-15(18)14(17-13-10-6-7-11-13)12-8-4-2-1-3-5-9-12/h12-14,17H,1-11H2,(H2,16,18). The zero-order valence-electron chi connectivity index (χ0n) is 11.5. The molecule has 2 aliphatic carbocycles. The lowest BCUT2D eigenvalue weighted by Gasteiger charge is -2.29. The number of carbonyl (C=O) groups excluding carboxylic acids is 1. The van der Waals surface area contributed by atoms with Crippen molar-refractivity contribution in [3.63, 3.8) is 0 Å². The molecule has 0 heterocycles. The minimum Gasteiger partial charge on any atom is -0.368 e. The first-order valence-corrected chi connectivity index (χ1v) is 7.83. The van der Waals surface area contributed by atoms with Gasteiger partial charge < -0.3 is 11.1 Å². The molecule has 0 aromatic carbocycles. The van der Waals surface area contributed by atoms with Crippen LogP contribution in [0.3, 0.4) is 0 Å². The van der Waals surface area contributed by atoms with Crippen LogP contribution in [0, 0.1) is 5.92 Å². The Hall–Kier alpha value is -0.570. The number of hydrogen-bond donors (Lipinski definition) is 2. The van der Waals surface area contributed by atoms with Crippen molar-refractivity contribution in [1.29, 1.82) is 0 Å². The Kier molecular flexibility index (Phi) is 5.48. The molecule has 18 heavy (non-hydrogen) atoms. The molecule has 2 rings (SSSR count). The molecule has 2 saturated carbocycles. The van der Waals surface area contributed by atoms with Crippen LogP contribution in [0.15, 0.2) is 0 Å². The molecule has 3 N–H and O–H groups in total. The molecule has 2 fully saturated rings. The molecule has 0 aromatic rings. The fraction of sp³-hybridized carbons (Fsp3) is 0.933. The predicted octanol–water partition coefficient (Wildman–Crippen LogP) is 2.73. The zero-order chi connectivity index (χ0) is 12.8. The van der Waals surface area contributed by atoms with E-state index in [1.807, 2.05) is 0 Å². The predicted molar refractivity (Wildman–Crippen MR) is 74.2 cm³/mol. The SMILES string of the molecule is NC(=O)C(NC1CCCC1)C1CCCCCCC1. The Morgan fingerprint density at radius 2 is 1.39 bits per heavy atom. The summed E-state index contributed by atoms with van der Waals surface area (Å²) in [4.78, 5) is 11.7. The third-order valence-electron chi connectivity index (χ3n) is 4.70. The number of rotatable bonds is 4. The van der Waals surface area contributed by atoms with Crippen LogP contribution in [-0.2, 0) is 4.79 Å². The summed E-state index contributed by atoms with van der Waals surface area (Å²) in [6, 6.07) is 0.458. The average Bonchev–Trinajstić information content (AvgIpc) is 2.79. The molecular weight excluding hydrogens is 224 g/mol. The molecule has 1 amide bonds. The normalized spacial score (nSPS) is 25.6. The first-order chi connectivity index (χ1) is 8.77. The Morgan fingerprint density at radius 3 is 1.94 bits per heavy atom. The second-order valence-corrected chi connectivity index (χ2v) is 6.13. The van der Waals surface area contributed by atoms with Crippen LogP contribution in [0.5, 0.6) is 0 Å². The van der Waals surface area contributed by atoms with Crippen molar-refractivity contribution in [2.45, 2.75) is 82.7 Å². The number of nitrogens with two attached hydrogens (primary N) is 1. The van der Waals surface area contributed by atoms with Crippen LogP contribution >= 0.6 is 0 Å². The molecule has 0 aromatic heterocycles. The van der Waals surface area contributed by atoms with Crippen molar-refractivity contribution in [3.05, 3.63) is 0 Å². The number of hydrogen-bond acceptors (Lipinski definition) is 2. The molecule has 1 atom stereocenters. The van der Waals surface area contributed by atoms with Crippen molar-refractivity contribution in [3.8, 4) is 0 Å². The first kappa shape index (κ1) is 13.9. The molecule has 3 heteroatoms. The van der Waals surface area contributed by atoms with Gasteiger partial charge in [-0.2, -0.15) is 0 Å². The number of primary amides is 1. The van der Waals surface area contributed by atoms with E-state index in [-0.39, 0.29) is 11.9 Å². The van der Waals surface area contributed by atoms with Crippen molar-refractivity contribution in [1.82, 2.24) is 5.32 Å². The molecule has 104 valence electrons. The zero-order valence-corrected chi connectivity index (χ0v) is 11.5. The van der Waals surface area contributed by atoms with Gasteiger partial charge >= 0.3 is 0 Å². The van der Waals surface area contributed by atoms with Crippen LogP contribution in [-0.4, -0.2) is 18.0 Å². The maximum atomic E-state index is 11.7. The highest BCUT2D eigenvalue weighted by molar-refractivity contribution is 5.80. The van der Waals surface area contributed by atoms with Crippen LogP contribution in [0.1, 0.15) is 70.6 Å². The quantitative estimate of drug-likeness (QED) is 0.808. The van der Waals surface area contributed by atoms with E-state index >= 15 is 0 Å². The minimum atomic E-state index is -0.132. The topological polar surface area (TPSA) is 55.1 Å². The van der Waals surface area contributed by atoms with E-state index in [9.17, 15) is 4.79 Å². The number of nitrogens with one attached hydrogen (secondary N) is 1. The van der Waals surface area contributed by atoms with Crippen molar-refractivity contribution in [2.24, 2.45) is 11.7 Å². The van der Waals surface area contributed by atoms with Gasteiger partial charge in [0.25, 0.3) is 0 Å². The Labute approximate surface area is 111 Å². The summed E-state index contributed by atoms with van der Waals surface area (Å²) in [7, 11) is 0. The molecule has 0 aliphatic heterocycles. The largest absolute Gasteiger partial charge is 0.368 e. The van der Waals surface area contributed by atoms with E-state index < -0.39 is 0 Å². The molecule has 0 spiro atoms. The Balaban J connectivity index is 1.91. The van der Waals surface area contributed by atoms with E-state index in [1.165, 1.54) is 70.6 Å². The lowest BCUT2D eigenvalue weighted by molar-refractivity contribution is -0.121. The highest BCUT2D eigenvalue weighted by atomic mass is 16.1. The summed E-state index contributed by atoms with van der Waals surface area (Å²) in [6.45, 7) is 0. The maximum Gasteiger partial charge on any atom is 0.234 e. The van der Waals surface area contributed by atoms with Gasteiger partial charge in [0.1, 0.15) is 0 Å². The van der Waals surface area contributed by atoms with E-state index in [2.05, 4.69) is 5.32 Å². The van der Waals surface area contributed by atoms with Gasteiger partial charge in [0, 0.05) is 6.04 Å². The maximum absolute atomic E-state index is 11.7. The van der Waals surface area contributed by atoms with Gasteiger partial charge in [-0.05, 0) is 31.6 Å². The van der Waals surface area contributed by atoms with Gasteiger partial charge in [-0.25, -0.2) is 0 Å². The highest BCUT2D eigenvalue weighted by Gasteiger charge is 2.29. The van der Waals surface area contributed by atoms with Crippen LogP contribution in [0.25, 0.3) is 0 Å². The molecule has 3 nitrogen and oxygen atoms in total. The van der Waals surface area contributed by atoms with E-state index in [0.29, 0.717) is 12.0 Å². The lowest BCUT2D eigenvalue weighted by atomic mass is 9.85. The molecule has 2 aliphatic rings. The van der Waals surface area contributed by atoms with E-state index in [4.69, 9.17) is 5.73 Å².